The van der Waals surface area contributed by atoms with E-state index in [1.165, 1.54) is 60.1 Å². The largest absolute Gasteiger partial charge is 0.494 e. The van der Waals surface area contributed by atoms with Gasteiger partial charge in [-0.2, -0.15) is 0 Å². The molecule has 0 atom stereocenters. The van der Waals surface area contributed by atoms with Crippen LogP contribution in [0.1, 0.15) is 33.3 Å². The molecule has 0 N–H and O–H groups in total. The Hall–Kier alpha value is -3.14. The second-order valence-corrected chi connectivity index (χ2v) is 10.9. The van der Waals surface area contributed by atoms with Crippen LogP contribution in [-0.4, -0.2) is 18.3 Å². The summed E-state index contributed by atoms with van der Waals surface area (Å²) in [4.78, 5) is 0. The Morgan fingerprint density at radius 1 is 0.559 bits per heavy atom. The predicted molar refractivity (Wildman–Crippen MR) is 144 cm³/mol. The van der Waals surface area contributed by atoms with E-state index in [0.29, 0.717) is 0 Å². The minimum Gasteiger partial charge on any atom is -0.399 e. The monoisotopic (exact) mass is 442 g/mol. The molecule has 1 aliphatic heterocycles. The van der Waals surface area contributed by atoms with Crippen molar-refractivity contribution in [1.82, 2.24) is 0 Å². The van der Waals surface area contributed by atoms with Crippen molar-refractivity contribution in [2.24, 2.45) is 0 Å². The first kappa shape index (κ1) is 20.3. The zero-order valence-corrected chi connectivity index (χ0v) is 20.3. The highest BCUT2D eigenvalue weighted by atomic mass is 16.7. The Morgan fingerprint density at radius 3 is 1.94 bits per heavy atom. The van der Waals surface area contributed by atoms with Crippen molar-refractivity contribution < 1.29 is 9.31 Å². The van der Waals surface area contributed by atoms with Crippen LogP contribution in [0.3, 0.4) is 0 Å². The molecule has 0 saturated carbocycles. The van der Waals surface area contributed by atoms with Gasteiger partial charge in [-0.3, -0.25) is 0 Å². The van der Waals surface area contributed by atoms with E-state index in [-0.39, 0.29) is 18.3 Å². The zero-order chi connectivity index (χ0) is 23.4. The van der Waals surface area contributed by atoms with Crippen LogP contribution < -0.4 is 5.46 Å². The summed E-state index contributed by atoms with van der Waals surface area (Å²) in [5.41, 5.74) is 7.01. The molecule has 1 heterocycles. The van der Waals surface area contributed by atoms with Gasteiger partial charge in [-0.25, -0.2) is 0 Å². The topological polar surface area (TPSA) is 18.5 Å². The molecule has 34 heavy (non-hydrogen) atoms. The van der Waals surface area contributed by atoms with Crippen LogP contribution in [0.4, 0.5) is 0 Å². The van der Waals surface area contributed by atoms with E-state index in [2.05, 4.69) is 107 Å². The maximum atomic E-state index is 6.34. The van der Waals surface area contributed by atoms with Crippen molar-refractivity contribution in [2.75, 3.05) is 0 Å². The molecule has 2 nitrogen and oxygen atoms in total. The third-order valence-electron chi connectivity index (χ3n) is 8.36. The van der Waals surface area contributed by atoms with Crippen LogP contribution in [0.2, 0.25) is 0 Å². The minimum atomic E-state index is -0.354. The molecule has 3 heteroatoms. The van der Waals surface area contributed by atoms with Gasteiger partial charge in [0.2, 0.25) is 0 Å². The van der Waals surface area contributed by atoms with Gasteiger partial charge >= 0.3 is 7.12 Å². The molecule has 0 bridgehead atoms. The van der Waals surface area contributed by atoms with Gasteiger partial charge in [0.25, 0.3) is 0 Å². The van der Waals surface area contributed by atoms with Gasteiger partial charge in [-0.1, -0.05) is 66.7 Å². The molecular weight excluding hydrogens is 415 g/mol. The van der Waals surface area contributed by atoms with E-state index in [1.54, 1.807) is 0 Å². The highest BCUT2D eigenvalue weighted by molar-refractivity contribution is 6.62. The fourth-order valence-electron chi connectivity index (χ4n) is 5.82. The summed E-state index contributed by atoms with van der Waals surface area (Å²) in [6.07, 6.45) is 0. The van der Waals surface area contributed by atoms with Gasteiger partial charge in [-0.05, 0) is 106 Å². The average molecular weight is 442 g/mol. The molecule has 7 rings (SSSR count). The van der Waals surface area contributed by atoms with Crippen molar-refractivity contribution in [1.29, 1.82) is 0 Å². The first-order valence-electron chi connectivity index (χ1n) is 12.1. The molecule has 1 aliphatic carbocycles. The smallest absolute Gasteiger partial charge is 0.399 e. The number of rotatable bonds is 1. The number of aryl methyl sites for hydroxylation is 1. The molecule has 1 fully saturated rings. The van der Waals surface area contributed by atoms with E-state index in [1.807, 2.05) is 0 Å². The molecular formula is C31H27BO2. The lowest BCUT2D eigenvalue weighted by atomic mass is 9.77. The van der Waals surface area contributed by atoms with Gasteiger partial charge in [0, 0.05) is 0 Å². The molecule has 0 radical (unpaired) electrons. The van der Waals surface area contributed by atoms with Crippen molar-refractivity contribution in [3.63, 3.8) is 0 Å². The molecule has 166 valence electrons. The highest BCUT2D eigenvalue weighted by Crippen LogP contribution is 2.50. The fraction of sp³-hybridized carbons (Fsp3) is 0.226. The van der Waals surface area contributed by atoms with Crippen LogP contribution in [0.15, 0.2) is 72.8 Å². The third kappa shape index (κ3) is 2.54. The third-order valence-corrected chi connectivity index (χ3v) is 8.36. The van der Waals surface area contributed by atoms with E-state index in [0.717, 1.165) is 5.46 Å². The summed E-state index contributed by atoms with van der Waals surface area (Å²) in [7, 11) is -0.354. The van der Waals surface area contributed by atoms with Crippen LogP contribution in [0.25, 0.3) is 54.6 Å². The summed E-state index contributed by atoms with van der Waals surface area (Å²) >= 11 is 0. The summed E-state index contributed by atoms with van der Waals surface area (Å²) in [6.45, 7) is 10.6. The number of fused-ring (bicyclic) bond motifs is 7. The van der Waals surface area contributed by atoms with Gasteiger partial charge in [-0.15, -0.1) is 0 Å². The molecule has 5 aromatic carbocycles. The van der Waals surface area contributed by atoms with Crippen LogP contribution in [-0.2, 0) is 9.31 Å². The summed E-state index contributed by atoms with van der Waals surface area (Å²) in [6, 6.07) is 27.0. The molecule has 0 spiro atoms. The maximum absolute atomic E-state index is 6.34. The second kappa shape index (κ2) is 6.50. The molecule has 0 amide bonds. The average Bonchev–Trinajstić information content (AvgIpc) is 3.25. The predicted octanol–water partition coefficient (Wildman–Crippen LogP) is 7.40. The quantitative estimate of drug-likeness (QED) is 0.195. The highest BCUT2D eigenvalue weighted by Gasteiger charge is 2.51. The van der Waals surface area contributed by atoms with Gasteiger partial charge < -0.3 is 9.31 Å². The fourth-order valence-corrected chi connectivity index (χ4v) is 5.82. The standard InChI is InChI=1S/C31H27BO2/c1-18-15-26-24-12-8-11-23-20-9-6-7-10-21(20)28(29(23)24)17-27(26)22-14-13-19(16-25(18)22)32-33-30(2,3)31(4,5)34-32/h6-17H,1-5H3. The lowest BCUT2D eigenvalue weighted by Gasteiger charge is -2.32. The number of hydrogen-bond donors (Lipinski definition) is 0. The van der Waals surface area contributed by atoms with Crippen LogP contribution in [0.5, 0.6) is 0 Å². The summed E-state index contributed by atoms with van der Waals surface area (Å²) in [5, 5.41) is 7.88. The maximum Gasteiger partial charge on any atom is 0.494 e. The normalized spacial score (nSPS) is 17.7. The SMILES string of the molecule is Cc1cc2c3cccc4c3c(cc2c2ccc(B3OC(C)(C)C(C)(C)O3)cc12)-c1ccccc1-4. The van der Waals surface area contributed by atoms with E-state index < -0.39 is 0 Å². The Morgan fingerprint density at radius 2 is 1.21 bits per heavy atom. The Balaban J connectivity index is 1.49. The zero-order valence-electron chi connectivity index (χ0n) is 20.3. The molecule has 1 saturated heterocycles. The molecule has 5 aromatic rings. The lowest BCUT2D eigenvalue weighted by molar-refractivity contribution is 0.00578. The summed E-state index contributed by atoms with van der Waals surface area (Å²) < 4.78 is 12.7. The first-order valence-corrected chi connectivity index (χ1v) is 12.1. The Labute approximate surface area is 200 Å². The van der Waals surface area contributed by atoms with Gasteiger partial charge in [0.1, 0.15) is 0 Å². The van der Waals surface area contributed by atoms with Crippen LogP contribution >= 0.6 is 0 Å². The first-order chi connectivity index (χ1) is 16.2. The molecule has 0 unspecified atom stereocenters. The van der Waals surface area contributed by atoms with Crippen molar-refractivity contribution in [3.8, 4) is 22.3 Å². The van der Waals surface area contributed by atoms with Crippen molar-refractivity contribution >= 4 is 44.9 Å². The van der Waals surface area contributed by atoms with Crippen LogP contribution in [0, 0.1) is 6.92 Å². The van der Waals surface area contributed by atoms with Gasteiger partial charge in [0.05, 0.1) is 11.2 Å². The van der Waals surface area contributed by atoms with E-state index in [4.69, 9.17) is 9.31 Å². The van der Waals surface area contributed by atoms with E-state index in [9.17, 15) is 0 Å². The Kier molecular flexibility index (Phi) is 3.87. The van der Waals surface area contributed by atoms with Gasteiger partial charge in [0.15, 0.2) is 0 Å². The minimum absolute atomic E-state index is 0.348. The lowest BCUT2D eigenvalue weighted by Crippen LogP contribution is -2.41. The molecule has 0 aromatic heterocycles. The number of hydrogen-bond acceptors (Lipinski definition) is 2. The Bertz CT molecular complexity index is 1660. The van der Waals surface area contributed by atoms with Crippen molar-refractivity contribution in [3.05, 3.63) is 78.4 Å². The summed E-state index contributed by atoms with van der Waals surface area (Å²) in [5.74, 6) is 0. The second-order valence-electron chi connectivity index (χ2n) is 10.9. The van der Waals surface area contributed by atoms with Crippen molar-refractivity contribution in [2.45, 2.75) is 45.8 Å². The number of benzene rings is 5. The van der Waals surface area contributed by atoms with E-state index >= 15 is 0 Å². The molecule has 2 aliphatic rings.